The number of carbonyl (C=O) groups excluding carboxylic acids is 1. The van der Waals surface area contributed by atoms with Crippen LogP contribution < -0.4 is 16.6 Å². The second-order valence-electron chi connectivity index (χ2n) is 7.49. The zero-order valence-electron chi connectivity index (χ0n) is 15.0. The molecule has 1 aliphatic heterocycles. The Morgan fingerprint density at radius 2 is 1.96 bits per heavy atom. The predicted octanol–water partition coefficient (Wildman–Crippen LogP) is 2.18. The first kappa shape index (κ1) is 17.2. The number of hydrogen-bond donors (Lipinski definition) is 3. The minimum atomic E-state index is -0.337. The van der Waals surface area contributed by atoms with Crippen molar-refractivity contribution in [3.8, 4) is 11.3 Å². The highest BCUT2D eigenvalue weighted by atomic mass is 16.1. The Hall–Kier alpha value is -2.18. The number of carbonyl (C=O) groups is 1. The van der Waals surface area contributed by atoms with E-state index in [9.17, 15) is 4.79 Å². The molecule has 2 aromatic rings. The molecule has 1 saturated heterocycles. The van der Waals surface area contributed by atoms with Gasteiger partial charge in [-0.15, -0.1) is 0 Å². The number of nitrogens with zero attached hydrogens (tertiary/aromatic N) is 2. The summed E-state index contributed by atoms with van der Waals surface area (Å²) >= 11 is 0. The van der Waals surface area contributed by atoms with Crippen LogP contribution in [-0.2, 0) is 11.3 Å². The third-order valence-corrected chi connectivity index (χ3v) is 5.78. The molecule has 0 radical (unpaired) electrons. The van der Waals surface area contributed by atoms with Gasteiger partial charge in [0.15, 0.2) is 0 Å². The number of primary amides is 1. The Bertz CT molecular complexity index is 751. The molecule has 4 rings (SSSR count). The number of imidazole rings is 1. The van der Waals surface area contributed by atoms with Crippen LogP contribution in [-0.4, -0.2) is 28.0 Å². The van der Waals surface area contributed by atoms with Gasteiger partial charge in [-0.25, -0.2) is 4.98 Å². The van der Waals surface area contributed by atoms with Crippen LogP contribution in [0, 0.1) is 5.92 Å². The third-order valence-electron chi connectivity index (χ3n) is 5.78. The molecule has 1 aromatic carbocycles. The van der Waals surface area contributed by atoms with Crippen molar-refractivity contribution in [3.63, 3.8) is 0 Å². The lowest BCUT2D eigenvalue weighted by atomic mass is 9.78. The van der Waals surface area contributed by atoms with Crippen molar-refractivity contribution in [2.45, 2.75) is 50.6 Å². The summed E-state index contributed by atoms with van der Waals surface area (Å²) in [6, 6.07) is 10.6. The molecule has 0 spiro atoms. The smallest absolute Gasteiger partial charge is 0.237 e. The van der Waals surface area contributed by atoms with Gasteiger partial charge in [0.1, 0.15) is 6.54 Å². The number of nitrogens with two attached hydrogens (primary N) is 1. The van der Waals surface area contributed by atoms with E-state index in [1.165, 1.54) is 32.1 Å². The normalized spacial score (nSPS) is 24.0. The van der Waals surface area contributed by atoms with E-state index in [0.29, 0.717) is 12.0 Å². The monoisotopic (exact) mass is 353 g/mol. The van der Waals surface area contributed by atoms with Crippen LogP contribution in [0.25, 0.3) is 11.3 Å². The lowest BCUT2D eigenvalue weighted by molar-refractivity contribution is -0.118. The highest BCUT2D eigenvalue weighted by molar-refractivity contribution is 5.74. The van der Waals surface area contributed by atoms with E-state index in [1.54, 1.807) is 6.33 Å². The van der Waals surface area contributed by atoms with E-state index < -0.39 is 0 Å². The Labute approximate surface area is 154 Å². The maximum Gasteiger partial charge on any atom is 0.237 e. The highest BCUT2D eigenvalue weighted by Gasteiger charge is 2.38. The SMILES string of the molecule is NC(=O)Cn1cnc(-c2ccccc2)c1C1CNNC1C1CCCCC1. The molecule has 6 heteroatoms. The number of hydrogen-bond acceptors (Lipinski definition) is 4. The van der Waals surface area contributed by atoms with E-state index in [-0.39, 0.29) is 18.4 Å². The minimum absolute atomic E-state index is 0.170. The number of nitrogens with one attached hydrogen (secondary N) is 2. The molecule has 2 aliphatic rings. The van der Waals surface area contributed by atoms with Crippen molar-refractivity contribution >= 4 is 5.91 Å². The summed E-state index contributed by atoms with van der Waals surface area (Å²) in [7, 11) is 0. The van der Waals surface area contributed by atoms with Crippen molar-refractivity contribution in [3.05, 3.63) is 42.4 Å². The molecule has 0 bridgehead atoms. The summed E-state index contributed by atoms with van der Waals surface area (Å²) in [5.41, 5.74) is 15.5. The van der Waals surface area contributed by atoms with Gasteiger partial charge in [-0.2, -0.15) is 0 Å². The zero-order chi connectivity index (χ0) is 17.9. The molecule has 2 atom stereocenters. The third kappa shape index (κ3) is 3.39. The zero-order valence-corrected chi connectivity index (χ0v) is 15.0. The van der Waals surface area contributed by atoms with E-state index in [1.807, 2.05) is 22.8 Å². The van der Waals surface area contributed by atoms with Crippen molar-refractivity contribution in [2.24, 2.45) is 11.7 Å². The molecule has 2 unspecified atom stereocenters. The number of amides is 1. The Balaban J connectivity index is 1.72. The van der Waals surface area contributed by atoms with E-state index in [0.717, 1.165) is 23.5 Å². The topological polar surface area (TPSA) is 85.0 Å². The number of benzene rings is 1. The Morgan fingerprint density at radius 3 is 2.69 bits per heavy atom. The number of hydrazine groups is 1. The molecular formula is C20H27N5O. The van der Waals surface area contributed by atoms with Gasteiger partial charge in [-0.05, 0) is 18.8 Å². The molecule has 138 valence electrons. The Kier molecular flexibility index (Phi) is 5.04. The van der Waals surface area contributed by atoms with Crippen LogP contribution in [0.15, 0.2) is 36.7 Å². The molecule has 1 aliphatic carbocycles. The molecule has 1 amide bonds. The average molecular weight is 353 g/mol. The fourth-order valence-electron chi connectivity index (χ4n) is 4.61. The van der Waals surface area contributed by atoms with Gasteiger partial charge in [-0.3, -0.25) is 15.6 Å². The second kappa shape index (κ2) is 7.60. The quantitative estimate of drug-likeness (QED) is 0.769. The maximum atomic E-state index is 11.6. The second-order valence-corrected chi connectivity index (χ2v) is 7.49. The number of aromatic nitrogens is 2. The first-order valence-electron chi connectivity index (χ1n) is 9.61. The lowest BCUT2D eigenvalue weighted by Crippen LogP contribution is -2.39. The van der Waals surface area contributed by atoms with Crippen molar-refractivity contribution < 1.29 is 4.79 Å². The predicted molar refractivity (Wildman–Crippen MR) is 101 cm³/mol. The van der Waals surface area contributed by atoms with Gasteiger partial charge < -0.3 is 10.3 Å². The van der Waals surface area contributed by atoms with Crippen molar-refractivity contribution in [1.29, 1.82) is 0 Å². The highest BCUT2D eigenvalue weighted by Crippen LogP contribution is 2.38. The first-order valence-corrected chi connectivity index (χ1v) is 9.61. The van der Waals surface area contributed by atoms with Crippen LogP contribution in [0.1, 0.15) is 43.7 Å². The lowest BCUT2D eigenvalue weighted by Gasteiger charge is -2.31. The van der Waals surface area contributed by atoms with Gasteiger partial charge in [0.2, 0.25) is 5.91 Å². The van der Waals surface area contributed by atoms with E-state index in [4.69, 9.17) is 5.73 Å². The summed E-state index contributed by atoms with van der Waals surface area (Å²) in [6.07, 6.45) is 8.25. The molecule has 1 aromatic heterocycles. The van der Waals surface area contributed by atoms with E-state index >= 15 is 0 Å². The van der Waals surface area contributed by atoms with Crippen molar-refractivity contribution in [1.82, 2.24) is 20.4 Å². The molecular weight excluding hydrogens is 326 g/mol. The summed E-state index contributed by atoms with van der Waals surface area (Å²) in [4.78, 5) is 16.3. The Morgan fingerprint density at radius 1 is 1.19 bits per heavy atom. The summed E-state index contributed by atoms with van der Waals surface area (Å²) in [5, 5.41) is 0. The van der Waals surface area contributed by atoms with Crippen molar-refractivity contribution in [2.75, 3.05) is 6.54 Å². The van der Waals surface area contributed by atoms with Crippen LogP contribution in [0.4, 0.5) is 0 Å². The summed E-state index contributed by atoms with van der Waals surface area (Å²) in [6.45, 7) is 1.01. The van der Waals surface area contributed by atoms with Crippen LogP contribution >= 0.6 is 0 Å². The van der Waals surface area contributed by atoms with Gasteiger partial charge in [0.25, 0.3) is 0 Å². The average Bonchev–Trinajstić information content (AvgIpc) is 3.29. The van der Waals surface area contributed by atoms with Gasteiger partial charge in [0, 0.05) is 24.1 Å². The summed E-state index contributed by atoms with van der Waals surface area (Å²) < 4.78 is 1.94. The molecule has 1 saturated carbocycles. The first-order chi connectivity index (χ1) is 12.7. The van der Waals surface area contributed by atoms with Crippen LogP contribution in [0.3, 0.4) is 0 Å². The molecule has 26 heavy (non-hydrogen) atoms. The number of rotatable bonds is 5. The van der Waals surface area contributed by atoms with Gasteiger partial charge >= 0.3 is 0 Å². The largest absolute Gasteiger partial charge is 0.368 e. The fourth-order valence-corrected chi connectivity index (χ4v) is 4.61. The van der Waals surface area contributed by atoms with Crippen LogP contribution in [0.2, 0.25) is 0 Å². The van der Waals surface area contributed by atoms with Gasteiger partial charge in [-0.1, -0.05) is 49.6 Å². The molecule has 6 nitrogen and oxygen atoms in total. The fraction of sp³-hybridized carbons (Fsp3) is 0.500. The maximum absolute atomic E-state index is 11.6. The van der Waals surface area contributed by atoms with Gasteiger partial charge in [0.05, 0.1) is 17.7 Å². The standard InChI is InChI=1S/C20H27N5O/c21-17(26)12-25-13-22-19(15-9-5-2-6-10-15)20(25)16-11-23-24-18(16)14-7-3-1-4-8-14/h2,5-6,9-10,13-14,16,18,23-24H,1,3-4,7-8,11-12H2,(H2,21,26). The molecule has 2 fully saturated rings. The van der Waals surface area contributed by atoms with Crippen LogP contribution in [0.5, 0.6) is 0 Å². The van der Waals surface area contributed by atoms with E-state index in [2.05, 4.69) is 28.0 Å². The minimum Gasteiger partial charge on any atom is -0.368 e. The molecule has 2 heterocycles. The summed E-state index contributed by atoms with van der Waals surface area (Å²) in [5.74, 6) is 0.593. The molecule has 4 N–H and O–H groups in total.